The van der Waals surface area contributed by atoms with Gasteiger partial charge in [0.1, 0.15) is 18.3 Å². The second-order valence-corrected chi connectivity index (χ2v) is 5.80. The summed E-state index contributed by atoms with van der Waals surface area (Å²) in [6.07, 6.45) is -4.52. The molecular weight excluding hydrogens is 351 g/mol. The number of ether oxygens (including phenoxy) is 1. The molecule has 8 heteroatoms. The maximum atomic E-state index is 10.1. The van der Waals surface area contributed by atoms with Gasteiger partial charge in [0, 0.05) is 5.02 Å². The summed E-state index contributed by atoms with van der Waals surface area (Å²) in [6, 6.07) is 5.16. The fraction of sp³-hybridized carbons (Fsp3) is 0.417. The van der Waals surface area contributed by atoms with E-state index in [9.17, 15) is 15.3 Å². The topological polar surface area (TPSA) is 87.7 Å². The molecule has 0 radical (unpaired) electrons. The Morgan fingerprint density at radius 2 is 2.05 bits per heavy atom. The number of aromatic nitrogens is 2. The molecule has 3 N–H and O–H groups in total. The van der Waals surface area contributed by atoms with Gasteiger partial charge in [-0.15, -0.1) is 0 Å². The third-order valence-corrected chi connectivity index (χ3v) is 4.13. The first-order chi connectivity index (χ1) is 9.49. The van der Waals surface area contributed by atoms with E-state index < -0.39 is 24.5 Å². The van der Waals surface area contributed by atoms with Gasteiger partial charge in [0.2, 0.25) is 0 Å². The van der Waals surface area contributed by atoms with E-state index >= 15 is 0 Å². The second kappa shape index (κ2) is 5.25. The average Bonchev–Trinajstić information content (AvgIpc) is 2.72. The van der Waals surface area contributed by atoms with Gasteiger partial charge in [0.05, 0.1) is 17.6 Å². The largest absolute Gasteiger partial charge is 0.388 e. The number of halogens is 2. The summed E-state index contributed by atoms with van der Waals surface area (Å²) < 4.78 is 7.48. The van der Waals surface area contributed by atoms with E-state index in [1.54, 1.807) is 22.8 Å². The molecule has 0 bridgehead atoms. The lowest BCUT2D eigenvalue weighted by atomic mass is 10.0. The highest BCUT2D eigenvalue weighted by molar-refractivity contribution is 9.10. The predicted octanol–water partition coefficient (Wildman–Crippen LogP) is 1.06. The van der Waals surface area contributed by atoms with E-state index in [0.717, 1.165) is 0 Å². The van der Waals surface area contributed by atoms with Crippen molar-refractivity contribution < 1.29 is 20.1 Å². The van der Waals surface area contributed by atoms with Crippen molar-refractivity contribution in [3.8, 4) is 0 Å². The molecule has 3 rings (SSSR count). The molecule has 6 nitrogen and oxygen atoms in total. The number of rotatable bonds is 1. The van der Waals surface area contributed by atoms with Crippen molar-refractivity contribution in [1.29, 1.82) is 0 Å². The molecule has 108 valence electrons. The normalized spacial score (nSPS) is 30.9. The van der Waals surface area contributed by atoms with Crippen molar-refractivity contribution in [3.63, 3.8) is 0 Å². The molecule has 1 aliphatic rings. The molecule has 1 saturated heterocycles. The Hall–Kier alpha value is -0.700. The van der Waals surface area contributed by atoms with Crippen LogP contribution in [0.1, 0.15) is 6.23 Å². The van der Waals surface area contributed by atoms with Crippen molar-refractivity contribution in [2.24, 2.45) is 0 Å². The lowest BCUT2D eigenvalue weighted by Gasteiger charge is -2.36. The van der Waals surface area contributed by atoms with Gasteiger partial charge in [-0.2, -0.15) is 0 Å². The molecule has 0 unspecified atom stereocenters. The number of hydrogen-bond donors (Lipinski definition) is 3. The maximum Gasteiger partial charge on any atom is 0.180 e. The second-order valence-electron chi connectivity index (χ2n) is 4.66. The Morgan fingerprint density at radius 1 is 1.30 bits per heavy atom. The van der Waals surface area contributed by atoms with Crippen LogP contribution in [0, 0.1) is 0 Å². The molecule has 0 spiro atoms. The van der Waals surface area contributed by atoms with Gasteiger partial charge in [0.25, 0.3) is 0 Å². The van der Waals surface area contributed by atoms with Crippen LogP contribution in [-0.2, 0) is 4.74 Å². The Bertz CT molecular complexity index is 650. The SMILES string of the molecule is O[C@@H]1[C@H](O)[C@H](O)CO[C@H]1n1c(Br)nc2ccc(Cl)cc21. The van der Waals surface area contributed by atoms with Crippen LogP contribution in [0.5, 0.6) is 0 Å². The lowest BCUT2D eigenvalue weighted by molar-refractivity contribution is -0.210. The number of benzene rings is 1. The zero-order valence-electron chi connectivity index (χ0n) is 10.1. The summed E-state index contributed by atoms with van der Waals surface area (Å²) >= 11 is 9.28. The highest BCUT2D eigenvalue weighted by Crippen LogP contribution is 2.32. The van der Waals surface area contributed by atoms with Crippen LogP contribution in [0.4, 0.5) is 0 Å². The molecule has 0 aliphatic carbocycles. The van der Waals surface area contributed by atoms with Gasteiger partial charge < -0.3 is 20.1 Å². The molecule has 1 fully saturated rings. The van der Waals surface area contributed by atoms with E-state index in [1.165, 1.54) is 0 Å². The minimum atomic E-state index is -1.28. The quantitative estimate of drug-likeness (QED) is 0.705. The van der Waals surface area contributed by atoms with E-state index in [1.807, 2.05) is 0 Å². The van der Waals surface area contributed by atoms with Crippen LogP contribution in [0.15, 0.2) is 22.9 Å². The Balaban J connectivity index is 2.09. The van der Waals surface area contributed by atoms with E-state index in [-0.39, 0.29) is 6.61 Å². The molecular formula is C12H12BrClN2O4. The van der Waals surface area contributed by atoms with Gasteiger partial charge in [0.15, 0.2) is 11.0 Å². The zero-order chi connectivity index (χ0) is 14.4. The smallest absolute Gasteiger partial charge is 0.180 e. The summed E-state index contributed by atoms with van der Waals surface area (Å²) in [5, 5.41) is 29.9. The van der Waals surface area contributed by atoms with Crippen LogP contribution < -0.4 is 0 Å². The number of aliphatic hydroxyl groups is 3. The van der Waals surface area contributed by atoms with Gasteiger partial charge in [-0.1, -0.05) is 11.6 Å². The van der Waals surface area contributed by atoms with E-state index in [4.69, 9.17) is 16.3 Å². The fourth-order valence-electron chi connectivity index (χ4n) is 2.30. The number of hydrogen-bond acceptors (Lipinski definition) is 5. The minimum absolute atomic E-state index is 0.0738. The highest BCUT2D eigenvalue weighted by atomic mass is 79.9. The minimum Gasteiger partial charge on any atom is -0.388 e. The average molecular weight is 364 g/mol. The van der Waals surface area contributed by atoms with Crippen LogP contribution >= 0.6 is 27.5 Å². The number of nitrogens with zero attached hydrogens (tertiary/aromatic N) is 2. The fourth-order valence-corrected chi connectivity index (χ4v) is 3.05. The summed E-state index contributed by atoms with van der Waals surface area (Å²) in [7, 11) is 0. The van der Waals surface area contributed by atoms with Gasteiger partial charge >= 0.3 is 0 Å². The summed E-state index contributed by atoms with van der Waals surface area (Å²) in [6.45, 7) is -0.0738. The first kappa shape index (κ1) is 14.2. The summed E-state index contributed by atoms with van der Waals surface area (Å²) in [5.74, 6) is 0. The summed E-state index contributed by atoms with van der Waals surface area (Å²) in [4.78, 5) is 4.29. The number of fused-ring (bicyclic) bond motifs is 1. The summed E-state index contributed by atoms with van der Waals surface area (Å²) in [5.41, 5.74) is 1.34. The Morgan fingerprint density at radius 3 is 2.80 bits per heavy atom. The Kier molecular flexibility index (Phi) is 3.74. The van der Waals surface area contributed by atoms with Crippen molar-refractivity contribution in [1.82, 2.24) is 9.55 Å². The molecule has 1 aromatic heterocycles. The third kappa shape index (κ3) is 2.24. The van der Waals surface area contributed by atoms with Crippen LogP contribution in [0.3, 0.4) is 0 Å². The monoisotopic (exact) mass is 362 g/mol. The molecule has 0 saturated carbocycles. The van der Waals surface area contributed by atoms with Crippen molar-refractivity contribution in [2.75, 3.05) is 6.61 Å². The van der Waals surface area contributed by atoms with Crippen LogP contribution in [0.2, 0.25) is 5.02 Å². The van der Waals surface area contributed by atoms with Gasteiger partial charge in [-0.25, -0.2) is 4.98 Å². The van der Waals surface area contributed by atoms with Crippen LogP contribution in [-0.4, -0.2) is 49.8 Å². The molecule has 4 atom stereocenters. The van der Waals surface area contributed by atoms with Crippen molar-refractivity contribution in [3.05, 3.63) is 28.0 Å². The Labute approximate surface area is 127 Å². The molecule has 20 heavy (non-hydrogen) atoms. The van der Waals surface area contributed by atoms with E-state index in [0.29, 0.717) is 20.8 Å². The van der Waals surface area contributed by atoms with Gasteiger partial charge in [-0.05, 0) is 34.1 Å². The first-order valence-electron chi connectivity index (χ1n) is 5.98. The van der Waals surface area contributed by atoms with Crippen molar-refractivity contribution >= 4 is 38.6 Å². The standard InChI is InChI=1S/C12H12BrClN2O4/c13-12-15-6-2-1-5(14)3-7(6)16(12)11-10(19)9(18)8(17)4-20-11/h1-3,8-11,17-19H,4H2/t8-,9-,10-,11-/m1/s1. The lowest BCUT2D eigenvalue weighted by Crippen LogP contribution is -2.50. The van der Waals surface area contributed by atoms with Gasteiger partial charge in [-0.3, -0.25) is 4.57 Å². The molecule has 1 aliphatic heterocycles. The van der Waals surface area contributed by atoms with Crippen LogP contribution in [0.25, 0.3) is 11.0 Å². The zero-order valence-corrected chi connectivity index (χ0v) is 12.5. The maximum absolute atomic E-state index is 10.1. The number of imidazole rings is 1. The predicted molar refractivity (Wildman–Crippen MR) is 75.5 cm³/mol. The molecule has 2 heterocycles. The third-order valence-electron chi connectivity index (χ3n) is 3.34. The molecule has 1 aromatic carbocycles. The molecule has 2 aromatic rings. The van der Waals surface area contributed by atoms with Crippen molar-refractivity contribution in [2.45, 2.75) is 24.5 Å². The van der Waals surface area contributed by atoms with E-state index in [2.05, 4.69) is 20.9 Å². The molecule has 0 amide bonds. The number of aliphatic hydroxyl groups excluding tert-OH is 3. The first-order valence-corrected chi connectivity index (χ1v) is 7.15. The highest BCUT2D eigenvalue weighted by Gasteiger charge is 2.39.